The lowest BCUT2D eigenvalue weighted by Crippen LogP contribution is -2.27. The maximum absolute atomic E-state index is 9.01. The van der Waals surface area contributed by atoms with Gasteiger partial charge in [-0.05, 0) is 31.7 Å². The van der Waals surface area contributed by atoms with Gasteiger partial charge in [0.15, 0.2) is 0 Å². The van der Waals surface area contributed by atoms with Crippen LogP contribution in [0.1, 0.15) is 25.2 Å². The minimum absolute atomic E-state index is 0.152. The fourth-order valence-electron chi connectivity index (χ4n) is 2.19. The highest BCUT2D eigenvalue weighted by Crippen LogP contribution is 2.24. The van der Waals surface area contributed by atoms with Gasteiger partial charge in [-0.1, -0.05) is 18.5 Å². The van der Waals surface area contributed by atoms with E-state index in [-0.39, 0.29) is 12.6 Å². The Balaban J connectivity index is 2.33. The molecule has 0 fully saturated rings. The van der Waals surface area contributed by atoms with E-state index in [2.05, 4.69) is 21.8 Å². The Hall–Kier alpha value is -1.10. The molecule has 0 aliphatic heterocycles. The molecule has 18 heavy (non-hydrogen) atoms. The third kappa shape index (κ3) is 2.66. The average Bonchev–Trinajstić information content (AvgIpc) is 2.72. The lowest BCUT2D eigenvalue weighted by Gasteiger charge is -2.24. The van der Waals surface area contributed by atoms with E-state index in [1.165, 1.54) is 0 Å². The van der Waals surface area contributed by atoms with Crippen molar-refractivity contribution in [1.29, 1.82) is 0 Å². The van der Waals surface area contributed by atoms with Crippen LogP contribution in [0, 0.1) is 0 Å². The molecule has 1 unspecified atom stereocenters. The quantitative estimate of drug-likeness (QED) is 0.876. The number of aliphatic hydroxyl groups is 1. The zero-order valence-corrected chi connectivity index (χ0v) is 11.4. The van der Waals surface area contributed by atoms with Gasteiger partial charge >= 0.3 is 0 Å². The second-order valence-corrected chi connectivity index (χ2v) is 4.85. The molecule has 0 radical (unpaired) electrons. The van der Waals surface area contributed by atoms with Crippen molar-refractivity contribution in [2.75, 3.05) is 20.2 Å². The standard InChI is InChI=1S/C13H18ClN3O/c1-3-12(17(2)6-7-18)13-15-10-5-4-9(14)8-11(10)16-13/h4-5,8,12,18H,3,6-7H2,1-2H3,(H,15,16). The Kier molecular flexibility index (Phi) is 4.22. The Labute approximate surface area is 112 Å². The van der Waals surface area contributed by atoms with E-state index in [1.54, 1.807) is 0 Å². The summed E-state index contributed by atoms with van der Waals surface area (Å²) in [6.07, 6.45) is 0.935. The monoisotopic (exact) mass is 267 g/mol. The Morgan fingerprint density at radius 2 is 2.28 bits per heavy atom. The molecule has 98 valence electrons. The van der Waals surface area contributed by atoms with Gasteiger partial charge in [-0.3, -0.25) is 4.90 Å². The number of rotatable bonds is 5. The van der Waals surface area contributed by atoms with E-state index < -0.39 is 0 Å². The molecular formula is C13H18ClN3O. The van der Waals surface area contributed by atoms with Crippen molar-refractivity contribution in [3.63, 3.8) is 0 Å². The molecule has 0 amide bonds. The molecule has 0 saturated carbocycles. The highest BCUT2D eigenvalue weighted by molar-refractivity contribution is 6.31. The molecule has 5 heteroatoms. The molecule has 1 heterocycles. The first-order valence-corrected chi connectivity index (χ1v) is 6.49. The van der Waals surface area contributed by atoms with Crippen LogP contribution in [0.2, 0.25) is 5.02 Å². The van der Waals surface area contributed by atoms with Crippen LogP contribution in [0.3, 0.4) is 0 Å². The molecule has 0 bridgehead atoms. The normalized spacial score (nSPS) is 13.4. The number of hydrogen-bond acceptors (Lipinski definition) is 3. The van der Waals surface area contributed by atoms with Crippen LogP contribution in [0.5, 0.6) is 0 Å². The van der Waals surface area contributed by atoms with E-state index >= 15 is 0 Å². The SMILES string of the molecule is CCC(c1nc2ccc(Cl)cc2[nH]1)N(C)CCO. The molecule has 0 saturated heterocycles. The first kappa shape index (κ1) is 13.3. The van der Waals surface area contributed by atoms with Gasteiger partial charge in [0.25, 0.3) is 0 Å². The van der Waals surface area contributed by atoms with E-state index in [1.807, 2.05) is 25.2 Å². The molecule has 2 aromatic rings. The van der Waals surface area contributed by atoms with Gasteiger partial charge in [-0.15, -0.1) is 0 Å². The van der Waals surface area contributed by atoms with Gasteiger partial charge in [-0.2, -0.15) is 0 Å². The van der Waals surface area contributed by atoms with Gasteiger partial charge in [-0.25, -0.2) is 4.98 Å². The summed E-state index contributed by atoms with van der Waals surface area (Å²) in [5, 5.41) is 9.72. The molecule has 2 N–H and O–H groups in total. The van der Waals surface area contributed by atoms with E-state index in [9.17, 15) is 0 Å². The summed E-state index contributed by atoms with van der Waals surface area (Å²) in [4.78, 5) is 10.00. The van der Waals surface area contributed by atoms with Crippen molar-refractivity contribution in [1.82, 2.24) is 14.9 Å². The smallest absolute Gasteiger partial charge is 0.124 e. The topological polar surface area (TPSA) is 52.2 Å². The van der Waals surface area contributed by atoms with Gasteiger partial charge in [0.1, 0.15) is 5.82 Å². The number of aromatic nitrogens is 2. The van der Waals surface area contributed by atoms with Crippen LogP contribution in [-0.4, -0.2) is 40.2 Å². The maximum atomic E-state index is 9.01. The Bertz CT molecular complexity index is 526. The summed E-state index contributed by atoms with van der Waals surface area (Å²) in [6, 6.07) is 5.82. The second-order valence-electron chi connectivity index (χ2n) is 4.41. The molecule has 4 nitrogen and oxygen atoms in total. The number of likely N-dealkylation sites (N-methyl/N-ethyl adjacent to an activating group) is 1. The number of hydrogen-bond donors (Lipinski definition) is 2. The summed E-state index contributed by atoms with van der Waals surface area (Å²) in [7, 11) is 1.99. The van der Waals surface area contributed by atoms with Crippen molar-refractivity contribution < 1.29 is 5.11 Å². The number of aliphatic hydroxyl groups excluding tert-OH is 1. The van der Waals surface area contributed by atoms with Crippen LogP contribution in [0.4, 0.5) is 0 Å². The van der Waals surface area contributed by atoms with Crippen molar-refractivity contribution in [3.05, 3.63) is 29.0 Å². The van der Waals surface area contributed by atoms with Crippen LogP contribution >= 0.6 is 11.6 Å². The maximum Gasteiger partial charge on any atom is 0.124 e. The van der Waals surface area contributed by atoms with E-state index in [0.717, 1.165) is 23.3 Å². The molecular weight excluding hydrogens is 250 g/mol. The fourth-order valence-corrected chi connectivity index (χ4v) is 2.36. The highest BCUT2D eigenvalue weighted by atomic mass is 35.5. The highest BCUT2D eigenvalue weighted by Gasteiger charge is 2.18. The molecule has 0 spiro atoms. The van der Waals surface area contributed by atoms with Crippen LogP contribution in [-0.2, 0) is 0 Å². The van der Waals surface area contributed by atoms with E-state index in [0.29, 0.717) is 11.6 Å². The number of nitrogens with one attached hydrogen (secondary N) is 1. The summed E-state index contributed by atoms with van der Waals surface area (Å²) in [5.74, 6) is 0.922. The van der Waals surface area contributed by atoms with Crippen LogP contribution in [0.25, 0.3) is 11.0 Å². The Morgan fingerprint density at radius 3 is 2.94 bits per heavy atom. The largest absolute Gasteiger partial charge is 0.395 e. The second kappa shape index (κ2) is 5.69. The third-order valence-corrected chi connectivity index (χ3v) is 3.38. The molecule has 0 aliphatic carbocycles. The number of H-pyrrole nitrogens is 1. The van der Waals surface area contributed by atoms with Crippen LogP contribution < -0.4 is 0 Å². The zero-order chi connectivity index (χ0) is 13.1. The average molecular weight is 268 g/mol. The summed E-state index contributed by atoms with van der Waals surface area (Å²) in [6.45, 7) is 2.90. The molecule has 2 rings (SSSR count). The molecule has 0 aliphatic rings. The van der Waals surface area contributed by atoms with Gasteiger partial charge in [0.2, 0.25) is 0 Å². The van der Waals surface area contributed by atoms with Gasteiger partial charge in [0.05, 0.1) is 23.7 Å². The molecule has 1 aromatic carbocycles. The minimum atomic E-state index is 0.152. The van der Waals surface area contributed by atoms with Gasteiger partial charge in [0, 0.05) is 11.6 Å². The third-order valence-electron chi connectivity index (χ3n) is 3.15. The van der Waals surface area contributed by atoms with Crippen LogP contribution in [0.15, 0.2) is 18.2 Å². The lowest BCUT2D eigenvalue weighted by molar-refractivity contribution is 0.173. The number of aromatic amines is 1. The number of nitrogens with zero attached hydrogens (tertiary/aromatic N) is 2. The lowest BCUT2D eigenvalue weighted by atomic mass is 10.2. The number of benzene rings is 1. The van der Waals surface area contributed by atoms with Crippen molar-refractivity contribution >= 4 is 22.6 Å². The van der Waals surface area contributed by atoms with E-state index in [4.69, 9.17) is 16.7 Å². The first-order valence-electron chi connectivity index (χ1n) is 6.12. The van der Waals surface area contributed by atoms with Gasteiger partial charge < -0.3 is 10.1 Å². The predicted molar refractivity (Wildman–Crippen MR) is 73.9 cm³/mol. The molecule has 1 aromatic heterocycles. The number of fused-ring (bicyclic) bond motifs is 1. The van der Waals surface area contributed by atoms with Crippen molar-refractivity contribution in [2.24, 2.45) is 0 Å². The summed E-state index contributed by atoms with van der Waals surface area (Å²) in [5.41, 5.74) is 1.87. The van der Waals surface area contributed by atoms with Crippen molar-refractivity contribution in [2.45, 2.75) is 19.4 Å². The fraction of sp³-hybridized carbons (Fsp3) is 0.462. The number of halogens is 1. The Morgan fingerprint density at radius 1 is 1.50 bits per heavy atom. The first-order chi connectivity index (χ1) is 8.65. The summed E-state index contributed by atoms with van der Waals surface area (Å²) >= 11 is 5.96. The number of imidazole rings is 1. The predicted octanol–water partition coefficient (Wildman–Crippen LogP) is 2.59. The minimum Gasteiger partial charge on any atom is -0.395 e. The zero-order valence-electron chi connectivity index (χ0n) is 10.7. The van der Waals surface area contributed by atoms with Crippen molar-refractivity contribution in [3.8, 4) is 0 Å². The molecule has 1 atom stereocenters. The summed E-state index contributed by atoms with van der Waals surface area (Å²) < 4.78 is 0.